The van der Waals surface area contributed by atoms with Crippen molar-refractivity contribution in [1.82, 2.24) is 0 Å². The van der Waals surface area contributed by atoms with E-state index in [1.165, 1.54) is 116 Å². The summed E-state index contributed by atoms with van der Waals surface area (Å²) in [7, 11) is 0. The molecule has 1 unspecified atom stereocenters. The SMILES string of the molecule is C1=CC(c2ccc(-c3cc4cc(c3)-c3cc5ccccc5cc3-c3ccccc3Nc3ccccc3-4)cc2)=CC2(C1)c1ccccc1N2c1cc(-c2ccccc2)cc(-c2ccc3ccccc3c2)c1. The standard InChI is InChI=1S/C68H46N2/c1-2-15-45(16-3-1)55-36-56(52-33-32-46-17-4-5-18-49(46)35-52)41-59(40-55)70-67-27-13-10-24-64(67)68(70)34-14-21-53(44-68)47-28-30-48(31-29-47)54-37-57-39-58(38-54)62-42-50-19-6-7-20-51(50)43-63(62)61-23-9-12-26-66(61)69-65-25-11-8-22-60(57)65/h1-33,35-44,69H,34H2. The number of anilines is 4. The van der Waals surface area contributed by atoms with Gasteiger partial charge in [-0.3, -0.25) is 0 Å². The van der Waals surface area contributed by atoms with Gasteiger partial charge in [0.15, 0.2) is 0 Å². The quantitative estimate of drug-likeness (QED) is 0.185. The fourth-order valence-corrected chi connectivity index (χ4v) is 11.5. The van der Waals surface area contributed by atoms with Gasteiger partial charge in [-0.15, -0.1) is 0 Å². The average molecular weight is 891 g/mol. The van der Waals surface area contributed by atoms with E-state index in [0.29, 0.717) is 0 Å². The molecule has 0 saturated heterocycles. The molecule has 0 fully saturated rings. The van der Waals surface area contributed by atoms with Gasteiger partial charge in [-0.2, -0.15) is 0 Å². The third kappa shape index (κ3) is 6.64. The van der Waals surface area contributed by atoms with Crippen LogP contribution in [0.4, 0.5) is 22.7 Å². The highest BCUT2D eigenvalue weighted by atomic mass is 15.3. The molecule has 0 saturated carbocycles. The van der Waals surface area contributed by atoms with E-state index in [2.05, 4.69) is 271 Å². The molecule has 1 spiro atoms. The van der Waals surface area contributed by atoms with Gasteiger partial charge in [0.1, 0.15) is 0 Å². The first kappa shape index (κ1) is 40.1. The lowest BCUT2D eigenvalue weighted by Crippen LogP contribution is -2.51. The number of para-hydroxylation sites is 3. The van der Waals surface area contributed by atoms with Crippen molar-refractivity contribution in [1.29, 1.82) is 0 Å². The normalized spacial score (nSPS) is 15.3. The Hall–Kier alpha value is -8.98. The minimum absolute atomic E-state index is 0.346. The molecule has 11 aromatic rings. The van der Waals surface area contributed by atoms with Gasteiger partial charge in [-0.1, -0.05) is 182 Å². The number of nitrogens with one attached hydrogen (secondary N) is 1. The van der Waals surface area contributed by atoms with E-state index < -0.39 is 0 Å². The topological polar surface area (TPSA) is 15.3 Å². The molecule has 0 amide bonds. The summed E-state index contributed by atoms with van der Waals surface area (Å²) in [5.41, 5.74) is 22.4. The molecule has 70 heavy (non-hydrogen) atoms. The molecule has 1 aliphatic carbocycles. The minimum Gasteiger partial charge on any atom is -0.355 e. The molecule has 0 aromatic heterocycles. The predicted octanol–water partition coefficient (Wildman–Crippen LogP) is 18.4. The Morgan fingerprint density at radius 3 is 1.66 bits per heavy atom. The molecule has 2 bridgehead atoms. The van der Waals surface area contributed by atoms with Crippen LogP contribution in [0.25, 0.3) is 93.9 Å². The Kier molecular flexibility index (Phi) is 9.22. The van der Waals surface area contributed by atoms with E-state index in [0.717, 1.165) is 17.8 Å². The van der Waals surface area contributed by atoms with Crippen LogP contribution in [0.5, 0.6) is 0 Å². The molecule has 2 heterocycles. The Balaban J connectivity index is 0.876. The van der Waals surface area contributed by atoms with Crippen molar-refractivity contribution in [3.63, 3.8) is 0 Å². The van der Waals surface area contributed by atoms with Crippen molar-refractivity contribution in [3.8, 4) is 66.8 Å². The third-order valence-corrected chi connectivity index (χ3v) is 14.9. The maximum Gasteiger partial charge on any atom is 0.0949 e. The second-order valence-electron chi connectivity index (χ2n) is 19.0. The van der Waals surface area contributed by atoms with Crippen LogP contribution in [0, 0.1) is 0 Å². The van der Waals surface area contributed by atoms with Gasteiger partial charge >= 0.3 is 0 Å². The second kappa shape index (κ2) is 16.1. The highest BCUT2D eigenvalue weighted by molar-refractivity contribution is 6.02. The second-order valence-corrected chi connectivity index (χ2v) is 19.0. The zero-order chi connectivity index (χ0) is 46.2. The van der Waals surface area contributed by atoms with E-state index in [1.54, 1.807) is 0 Å². The Morgan fingerprint density at radius 2 is 0.871 bits per heavy atom. The van der Waals surface area contributed by atoms with Gasteiger partial charge in [-0.25, -0.2) is 0 Å². The van der Waals surface area contributed by atoms with Crippen LogP contribution in [0.3, 0.4) is 0 Å². The molecule has 2 nitrogen and oxygen atoms in total. The van der Waals surface area contributed by atoms with E-state index in [4.69, 9.17) is 0 Å². The number of nitrogens with zero attached hydrogens (tertiary/aromatic N) is 1. The lowest BCUT2D eigenvalue weighted by atomic mass is 9.71. The lowest BCUT2D eigenvalue weighted by molar-refractivity contribution is 0.499. The summed E-state index contributed by atoms with van der Waals surface area (Å²) in [4.78, 5) is 2.59. The van der Waals surface area contributed by atoms with E-state index in [1.807, 2.05) is 0 Å². The molecule has 11 aromatic carbocycles. The van der Waals surface area contributed by atoms with Gasteiger partial charge in [0.2, 0.25) is 0 Å². The zero-order valence-corrected chi connectivity index (χ0v) is 38.5. The maximum atomic E-state index is 3.86. The molecule has 14 rings (SSSR count). The van der Waals surface area contributed by atoms with E-state index >= 15 is 0 Å². The predicted molar refractivity (Wildman–Crippen MR) is 296 cm³/mol. The summed E-state index contributed by atoms with van der Waals surface area (Å²) in [6, 6.07) is 89.6. The van der Waals surface area contributed by atoms with Crippen LogP contribution < -0.4 is 10.2 Å². The summed E-state index contributed by atoms with van der Waals surface area (Å²) < 4.78 is 0. The van der Waals surface area contributed by atoms with Crippen molar-refractivity contribution in [3.05, 3.63) is 272 Å². The third-order valence-electron chi connectivity index (χ3n) is 14.9. The fraction of sp³-hybridized carbons (Fsp3) is 0.0294. The van der Waals surface area contributed by atoms with Crippen LogP contribution in [0.1, 0.15) is 17.5 Å². The minimum atomic E-state index is -0.346. The molecular weight excluding hydrogens is 845 g/mol. The molecule has 2 aliphatic heterocycles. The zero-order valence-electron chi connectivity index (χ0n) is 38.5. The number of benzene rings is 11. The van der Waals surface area contributed by atoms with E-state index in [9.17, 15) is 0 Å². The fourth-order valence-electron chi connectivity index (χ4n) is 11.5. The number of rotatable bonds is 5. The highest BCUT2D eigenvalue weighted by Crippen LogP contribution is 2.58. The van der Waals surface area contributed by atoms with Gasteiger partial charge < -0.3 is 10.2 Å². The van der Waals surface area contributed by atoms with Gasteiger partial charge in [0, 0.05) is 39.4 Å². The van der Waals surface area contributed by atoms with Crippen molar-refractivity contribution in [2.24, 2.45) is 0 Å². The highest BCUT2D eigenvalue weighted by Gasteiger charge is 2.49. The first-order chi connectivity index (χ1) is 34.6. The molecule has 2 heteroatoms. The van der Waals surface area contributed by atoms with Crippen LogP contribution in [-0.4, -0.2) is 0 Å². The molecule has 328 valence electrons. The number of hydrogen-bond acceptors (Lipinski definition) is 2. The molecule has 1 atom stereocenters. The molecular formula is C68H46N2. The summed E-state index contributed by atoms with van der Waals surface area (Å²) >= 11 is 0. The summed E-state index contributed by atoms with van der Waals surface area (Å²) in [5, 5.41) is 8.81. The Labute approximate surface area is 408 Å². The first-order valence-corrected chi connectivity index (χ1v) is 24.4. The maximum absolute atomic E-state index is 3.86. The smallest absolute Gasteiger partial charge is 0.0949 e. The molecule has 1 N–H and O–H groups in total. The van der Waals surface area contributed by atoms with Gasteiger partial charge in [-0.05, 0) is 174 Å². The molecule has 0 radical (unpaired) electrons. The van der Waals surface area contributed by atoms with Crippen molar-refractivity contribution < 1.29 is 0 Å². The lowest BCUT2D eigenvalue weighted by Gasteiger charge is -2.55. The van der Waals surface area contributed by atoms with Crippen LogP contribution >= 0.6 is 0 Å². The summed E-state index contributed by atoms with van der Waals surface area (Å²) in [6.45, 7) is 0. The Morgan fingerprint density at radius 1 is 0.343 bits per heavy atom. The largest absolute Gasteiger partial charge is 0.355 e. The van der Waals surface area contributed by atoms with Crippen molar-refractivity contribution in [2.75, 3.05) is 10.2 Å². The average Bonchev–Trinajstić information content (AvgIpc) is 3.43. The van der Waals surface area contributed by atoms with Crippen molar-refractivity contribution in [2.45, 2.75) is 12.0 Å². The van der Waals surface area contributed by atoms with Gasteiger partial charge in [0.05, 0.1) is 5.54 Å². The Bertz CT molecular complexity index is 3950. The number of allylic oxidation sites excluding steroid dienone is 2. The molecule has 3 aliphatic rings. The van der Waals surface area contributed by atoms with Crippen molar-refractivity contribution >= 4 is 49.9 Å². The van der Waals surface area contributed by atoms with E-state index in [-0.39, 0.29) is 5.54 Å². The monoisotopic (exact) mass is 890 g/mol. The van der Waals surface area contributed by atoms with Crippen LogP contribution in [0.2, 0.25) is 0 Å². The number of hydrogen-bond donors (Lipinski definition) is 1. The van der Waals surface area contributed by atoms with Crippen LogP contribution in [0.15, 0.2) is 261 Å². The summed E-state index contributed by atoms with van der Waals surface area (Å²) in [5.74, 6) is 0. The summed E-state index contributed by atoms with van der Waals surface area (Å²) in [6.07, 6.45) is 8.09. The number of fused-ring (bicyclic) bond motifs is 12. The first-order valence-electron chi connectivity index (χ1n) is 24.4. The van der Waals surface area contributed by atoms with Crippen LogP contribution in [-0.2, 0) is 5.54 Å². The van der Waals surface area contributed by atoms with Gasteiger partial charge in [0.25, 0.3) is 0 Å².